The van der Waals surface area contributed by atoms with Crippen molar-refractivity contribution in [3.05, 3.63) is 30.3 Å². The van der Waals surface area contributed by atoms with Crippen molar-refractivity contribution in [1.29, 1.82) is 0 Å². The molecular formula is C12H18N2OS. The molecule has 0 saturated carbocycles. The van der Waals surface area contributed by atoms with E-state index in [-0.39, 0.29) is 0 Å². The lowest BCUT2D eigenvalue weighted by Crippen LogP contribution is -2.35. The number of benzene rings is 1. The third-order valence-corrected chi connectivity index (χ3v) is 2.38. The van der Waals surface area contributed by atoms with Crippen LogP contribution in [0, 0.1) is 0 Å². The van der Waals surface area contributed by atoms with Crippen molar-refractivity contribution < 1.29 is 4.74 Å². The molecule has 1 aromatic rings. The highest BCUT2D eigenvalue weighted by atomic mass is 32.1. The van der Waals surface area contributed by atoms with Gasteiger partial charge in [-0.05, 0) is 18.7 Å². The average molecular weight is 238 g/mol. The minimum absolute atomic E-state index is 0.529. The Kier molecular flexibility index (Phi) is 5.82. The molecule has 0 unspecified atom stereocenters. The van der Waals surface area contributed by atoms with E-state index in [1.165, 1.54) is 0 Å². The van der Waals surface area contributed by atoms with Crippen molar-refractivity contribution in [1.82, 2.24) is 4.90 Å². The van der Waals surface area contributed by atoms with Gasteiger partial charge in [-0.1, -0.05) is 37.3 Å². The van der Waals surface area contributed by atoms with E-state index >= 15 is 0 Å². The minimum atomic E-state index is 0.529. The first kappa shape index (κ1) is 12.9. The van der Waals surface area contributed by atoms with E-state index in [1.807, 2.05) is 30.3 Å². The van der Waals surface area contributed by atoms with Crippen LogP contribution in [0.5, 0.6) is 5.75 Å². The molecule has 3 nitrogen and oxygen atoms in total. The van der Waals surface area contributed by atoms with Crippen LogP contribution in [0.25, 0.3) is 0 Å². The van der Waals surface area contributed by atoms with Crippen LogP contribution < -0.4 is 10.5 Å². The van der Waals surface area contributed by atoms with Crippen molar-refractivity contribution in [3.63, 3.8) is 0 Å². The normalized spacial score (nSPS) is 10.4. The molecule has 0 heterocycles. The topological polar surface area (TPSA) is 38.5 Å². The number of thiocarbonyl (C=S) groups is 1. The Hall–Kier alpha value is -1.13. The van der Waals surface area contributed by atoms with Gasteiger partial charge in [0.05, 0.1) is 4.99 Å². The monoisotopic (exact) mass is 238 g/mol. The summed E-state index contributed by atoms with van der Waals surface area (Å²) in [6, 6.07) is 9.79. The first-order valence-corrected chi connectivity index (χ1v) is 5.81. The predicted octanol–water partition coefficient (Wildman–Crippen LogP) is 1.67. The maximum atomic E-state index is 5.59. The van der Waals surface area contributed by atoms with Gasteiger partial charge in [0.25, 0.3) is 0 Å². The first-order valence-electron chi connectivity index (χ1n) is 5.41. The van der Waals surface area contributed by atoms with Gasteiger partial charge in [0.15, 0.2) is 0 Å². The summed E-state index contributed by atoms with van der Waals surface area (Å²) in [7, 11) is 0. The molecule has 88 valence electrons. The summed E-state index contributed by atoms with van der Waals surface area (Å²) in [5, 5.41) is 0. The number of ether oxygens (including phenoxy) is 1. The van der Waals surface area contributed by atoms with Crippen LogP contribution in [-0.2, 0) is 0 Å². The summed E-state index contributed by atoms with van der Waals surface area (Å²) in [5.41, 5.74) is 5.50. The molecule has 16 heavy (non-hydrogen) atoms. The van der Waals surface area contributed by atoms with Gasteiger partial charge in [0.1, 0.15) is 12.4 Å². The molecule has 0 aromatic heterocycles. The number of nitrogens with zero attached hydrogens (tertiary/aromatic N) is 1. The van der Waals surface area contributed by atoms with Crippen molar-refractivity contribution >= 4 is 17.2 Å². The lowest BCUT2D eigenvalue weighted by Gasteiger charge is -2.19. The zero-order valence-corrected chi connectivity index (χ0v) is 10.4. The maximum Gasteiger partial charge on any atom is 0.119 e. The van der Waals surface area contributed by atoms with Crippen LogP contribution in [0.1, 0.15) is 6.92 Å². The number of hydrogen-bond donors (Lipinski definition) is 1. The third-order valence-electron chi connectivity index (χ3n) is 2.25. The highest BCUT2D eigenvalue weighted by Gasteiger charge is 2.03. The Morgan fingerprint density at radius 1 is 1.38 bits per heavy atom. The van der Waals surface area contributed by atoms with E-state index in [2.05, 4.69) is 11.8 Å². The Bertz CT molecular complexity index is 316. The molecule has 0 spiro atoms. The average Bonchev–Trinajstić information content (AvgIpc) is 2.28. The molecule has 2 N–H and O–H groups in total. The lowest BCUT2D eigenvalue weighted by molar-refractivity contribution is 0.234. The quantitative estimate of drug-likeness (QED) is 0.733. The second-order valence-corrected chi connectivity index (χ2v) is 4.02. The van der Waals surface area contributed by atoms with Gasteiger partial charge < -0.3 is 10.5 Å². The molecule has 0 fully saturated rings. The standard InChI is InChI=1S/C12H18N2OS/c1-2-14(10-12(13)16)8-9-15-11-6-4-3-5-7-11/h3-7H,2,8-10H2,1H3,(H2,13,16). The SMILES string of the molecule is CCN(CCOc1ccccc1)CC(N)=S. The lowest BCUT2D eigenvalue weighted by atomic mass is 10.3. The van der Waals surface area contributed by atoms with Crippen molar-refractivity contribution in [2.24, 2.45) is 5.73 Å². The number of likely N-dealkylation sites (N-methyl/N-ethyl adjacent to an activating group) is 1. The fourth-order valence-corrected chi connectivity index (χ4v) is 1.56. The molecule has 0 saturated heterocycles. The zero-order valence-electron chi connectivity index (χ0n) is 9.56. The van der Waals surface area contributed by atoms with E-state index < -0.39 is 0 Å². The van der Waals surface area contributed by atoms with E-state index in [9.17, 15) is 0 Å². The molecule has 1 rings (SSSR count). The van der Waals surface area contributed by atoms with E-state index in [0.29, 0.717) is 18.1 Å². The predicted molar refractivity (Wildman–Crippen MR) is 70.8 cm³/mol. The van der Waals surface area contributed by atoms with Crippen LogP contribution >= 0.6 is 12.2 Å². The zero-order chi connectivity index (χ0) is 11.8. The molecule has 0 bridgehead atoms. The molecule has 0 radical (unpaired) electrons. The Balaban J connectivity index is 2.26. The molecule has 0 atom stereocenters. The van der Waals surface area contributed by atoms with Gasteiger partial charge >= 0.3 is 0 Å². The van der Waals surface area contributed by atoms with Gasteiger partial charge in [-0.2, -0.15) is 0 Å². The molecule has 0 aliphatic rings. The summed E-state index contributed by atoms with van der Waals surface area (Å²) < 4.78 is 5.59. The Morgan fingerprint density at radius 3 is 2.62 bits per heavy atom. The molecule has 0 aliphatic heterocycles. The van der Waals surface area contributed by atoms with E-state index in [0.717, 1.165) is 18.8 Å². The Labute approximate surface area is 102 Å². The number of para-hydroxylation sites is 1. The van der Waals surface area contributed by atoms with E-state index in [1.54, 1.807) is 0 Å². The summed E-state index contributed by atoms with van der Waals surface area (Å²) in [5.74, 6) is 0.897. The van der Waals surface area contributed by atoms with Crippen molar-refractivity contribution in [2.45, 2.75) is 6.92 Å². The first-order chi connectivity index (χ1) is 7.72. The summed E-state index contributed by atoms with van der Waals surface area (Å²) in [6.07, 6.45) is 0. The largest absolute Gasteiger partial charge is 0.492 e. The molecule has 4 heteroatoms. The molecule has 0 aliphatic carbocycles. The maximum absolute atomic E-state index is 5.59. The third kappa shape index (κ3) is 5.09. The van der Waals surface area contributed by atoms with Gasteiger partial charge in [0.2, 0.25) is 0 Å². The van der Waals surface area contributed by atoms with Crippen LogP contribution in [0.2, 0.25) is 0 Å². The molecular weight excluding hydrogens is 220 g/mol. The Morgan fingerprint density at radius 2 is 2.06 bits per heavy atom. The highest BCUT2D eigenvalue weighted by molar-refractivity contribution is 7.80. The highest BCUT2D eigenvalue weighted by Crippen LogP contribution is 2.07. The van der Waals surface area contributed by atoms with Crippen LogP contribution in [0.4, 0.5) is 0 Å². The smallest absolute Gasteiger partial charge is 0.119 e. The van der Waals surface area contributed by atoms with Gasteiger partial charge in [-0.3, -0.25) is 4.90 Å². The summed E-state index contributed by atoms with van der Waals surface area (Å²) in [6.45, 7) is 5.16. The van der Waals surface area contributed by atoms with Crippen LogP contribution in [0.3, 0.4) is 0 Å². The minimum Gasteiger partial charge on any atom is -0.492 e. The van der Waals surface area contributed by atoms with E-state index in [4.69, 9.17) is 22.7 Å². The number of rotatable bonds is 7. The second-order valence-electron chi connectivity index (χ2n) is 3.50. The van der Waals surface area contributed by atoms with Crippen LogP contribution in [0.15, 0.2) is 30.3 Å². The fraction of sp³-hybridized carbons (Fsp3) is 0.417. The second kappa shape index (κ2) is 7.19. The van der Waals surface area contributed by atoms with Gasteiger partial charge in [-0.25, -0.2) is 0 Å². The van der Waals surface area contributed by atoms with Gasteiger partial charge in [-0.15, -0.1) is 0 Å². The van der Waals surface area contributed by atoms with Crippen molar-refractivity contribution in [2.75, 3.05) is 26.2 Å². The summed E-state index contributed by atoms with van der Waals surface area (Å²) in [4.78, 5) is 2.69. The fourth-order valence-electron chi connectivity index (χ4n) is 1.38. The molecule has 1 aromatic carbocycles. The molecule has 0 amide bonds. The van der Waals surface area contributed by atoms with Crippen molar-refractivity contribution in [3.8, 4) is 5.75 Å². The van der Waals surface area contributed by atoms with Gasteiger partial charge in [0, 0.05) is 13.1 Å². The number of nitrogens with two attached hydrogens (primary N) is 1. The summed E-state index contributed by atoms with van der Waals surface area (Å²) >= 11 is 4.88. The van der Waals surface area contributed by atoms with Crippen LogP contribution in [-0.4, -0.2) is 36.1 Å². The number of hydrogen-bond acceptors (Lipinski definition) is 3.